The molecular weight excluding hydrogens is 290 g/mol. The van der Waals surface area contributed by atoms with Crippen molar-refractivity contribution < 1.29 is 14.2 Å². The van der Waals surface area contributed by atoms with Crippen LogP contribution in [0.25, 0.3) is 0 Å². The molecule has 0 aromatic heterocycles. The lowest BCUT2D eigenvalue weighted by Gasteiger charge is -2.13. The molecule has 0 spiro atoms. The number of aryl methyl sites for hydroxylation is 2. The molecule has 23 heavy (non-hydrogen) atoms. The molecule has 0 bridgehead atoms. The van der Waals surface area contributed by atoms with Crippen molar-refractivity contribution in [3.63, 3.8) is 0 Å². The van der Waals surface area contributed by atoms with Gasteiger partial charge in [-0.05, 0) is 43.2 Å². The van der Waals surface area contributed by atoms with Crippen LogP contribution in [0.3, 0.4) is 0 Å². The Morgan fingerprint density at radius 1 is 1.13 bits per heavy atom. The van der Waals surface area contributed by atoms with Gasteiger partial charge in [0.25, 0.3) is 0 Å². The summed E-state index contributed by atoms with van der Waals surface area (Å²) < 4.78 is 16.5. The van der Waals surface area contributed by atoms with E-state index in [1.165, 1.54) is 5.56 Å². The van der Waals surface area contributed by atoms with Gasteiger partial charge >= 0.3 is 0 Å². The predicted octanol–water partition coefficient (Wildman–Crippen LogP) is 4.11. The average Bonchev–Trinajstić information content (AvgIpc) is 3.01. The van der Waals surface area contributed by atoms with E-state index in [1.807, 2.05) is 37.3 Å². The Bertz CT molecular complexity index is 749. The van der Waals surface area contributed by atoms with Crippen molar-refractivity contribution in [2.75, 3.05) is 13.4 Å². The van der Waals surface area contributed by atoms with Crippen LogP contribution >= 0.6 is 0 Å². The predicted molar refractivity (Wildman–Crippen MR) is 86.9 cm³/mol. The maximum Gasteiger partial charge on any atom is 0.231 e. The molecule has 1 atom stereocenters. The summed E-state index contributed by atoms with van der Waals surface area (Å²) in [6.07, 6.45) is 0.628. The van der Waals surface area contributed by atoms with Crippen molar-refractivity contribution in [1.29, 1.82) is 5.26 Å². The fourth-order valence-corrected chi connectivity index (χ4v) is 2.68. The first kappa shape index (κ1) is 15.2. The van der Waals surface area contributed by atoms with Gasteiger partial charge in [-0.25, -0.2) is 0 Å². The molecule has 1 aliphatic rings. The second kappa shape index (κ2) is 6.62. The fraction of sp³-hybridized carbons (Fsp3) is 0.316. The van der Waals surface area contributed by atoms with Gasteiger partial charge in [0.15, 0.2) is 11.5 Å². The highest BCUT2D eigenvalue weighted by Gasteiger charge is 2.18. The molecule has 2 aromatic carbocycles. The third kappa shape index (κ3) is 3.40. The maximum atomic E-state index is 9.44. The molecule has 0 fully saturated rings. The van der Waals surface area contributed by atoms with Gasteiger partial charge in [-0.1, -0.05) is 23.8 Å². The zero-order valence-corrected chi connectivity index (χ0v) is 13.3. The van der Waals surface area contributed by atoms with Gasteiger partial charge in [0, 0.05) is 6.42 Å². The molecule has 0 saturated heterocycles. The van der Waals surface area contributed by atoms with E-state index in [4.69, 9.17) is 14.2 Å². The summed E-state index contributed by atoms with van der Waals surface area (Å²) in [5.41, 5.74) is 3.26. The molecule has 0 N–H and O–H groups in total. The standard InChI is InChI=1S/C19H19NO3/c1-13-3-5-17(14(2)9-13)21-8-7-16(11-20)15-4-6-18-19(10-15)23-12-22-18/h3-6,9-10,16H,7-8,12H2,1-2H3. The van der Waals surface area contributed by atoms with E-state index < -0.39 is 0 Å². The summed E-state index contributed by atoms with van der Waals surface area (Å²) in [5.74, 6) is 2.09. The molecule has 0 amide bonds. The van der Waals surface area contributed by atoms with Crippen molar-refractivity contribution in [2.24, 2.45) is 0 Å². The third-order valence-electron chi connectivity index (χ3n) is 3.95. The lowest BCUT2D eigenvalue weighted by atomic mass is 9.97. The first-order valence-electron chi connectivity index (χ1n) is 7.66. The monoisotopic (exact) mass is 309 g/mol. The highest BCUT2D eigenvalue weighted by atomic mass is 16.7. The van der Waals surface area contributed by atoms with E-state index in [9.17, 15) is 5.26 Å². The maximum absolute atomic E-state index is 9.44. The summed E-state index contributed by atoms with van der Waals surface area (Å²) in [6, 6.07) is 14.1. The van der Waals surface area contributed by atoms with Gasteiger partial charge < -0.3 is 14.2 Å². The quantitative estimate of drug-likeness (QED) is 0.834. The smallest absolute Gasteiger partial charge is 0.231 e. The van der Waals surface area contributed by atoms with E-state index in [0.717, 1.165) is 22.6 Å². The lowest BCUT2D eigenvalue weighted by molar-refractivity contribution is 0.174. The van der Waals surface area contributed by atoms with Gasteiger partial charge in [0.1, 0.15) is 5.75 Å². The number of nitrogens with zero attached hydrogens (tertiary/aromatic N) is 1. The molecule has 1 aliphatic heterocycles. The van der Waals surface area contributed by atoms with Gasteiger partial charge in [0.05, 0.1) is 18.6 Å². The van der Waals surface area contributed by atoms with Crippen LogP contribution in [0.5, 0.6) is 17.2 Å². The van der Waals surface area contributed by atoms with E-state index in [2.05, 4.69) is 19.1 Å². The van der Waals surface area contributed by atoms with Crippen molar-refractivity contribution in [3.05, 3.63) is 53.1 Å². The molecule has 4 nitrogen and oxygen atoms in total. The van der Waals surface area contributed by atoms with E-state index in [0.29, 0.717) is 18.8 Å². The Balaban J connectivity index is 1.63. The fourth-order valence-electron chi connectivity index (χ4n) is 2.68. The molecule has 0 saturated carbocycles. The van der Waals surface area contributed by atoms with Gasteiger partial charge in [0.2, 0.25) is 6.79 Å². The highest BCUT2D eigenvalue weighted by molar-refractivity contribution is 5.46. The van der Waals surface area contributed by atoms with Crippen LogP contribution in [0.1, 0.15) is 29.0 Å². The SMILES string of the molecule is Cc1ccc(OCCC(C#N)c2ccc3c(c2)OCO3)c(C)c1. The molecule has 4 heteroatoms. The van der Waals surface area contributed by atoms with Crippen LogP contribution in [0.4, 0.5) is 0 Å². The highest BCUT2D eigenvalue weighted by Crippen LogP contribution is 2.35. The Kier molecular flexibility index (Phi) is 4.38. The van der Waals surface area contributed by atoms with Crippen LogP contribution in [-0.4, -0.2) is 13.4 Å². The minimum atomic E-state index is -0.227. The van der Waals surface area contributed by atoms with E-state index in [-0.39, 0.29) is 12.7 Å². The van der Waals surface area contributed by atoms with Crippen LogP contribution in [0, 0.1) is 25.2 Å². The number of fused-ring (bicyclic) bond motifs is 1. The summed E-state index contributed by atoms with van der Waals surface area (Å²) in [4.78, 5) is 0. The normalized spacial score (nSPS) is 13.4. The first-order chi connectivity index (χ1) is 11.2. The molecule has 0 aliphatic carbocycles. The summed E-state index contributed by atoms with van der Waals surface area (Å²) in [6.45, 7) is 4.83. The zero-order chi connectivity index (χ0) is 16.2. The number of hydrogen-bond donors (Lipinski definition) is 0. The molecule has 2 aromatic rings. The van der Waals surface area contributed by atoms with Gasteiger partial charge in [-0.2, -0.15) is 5.26 Å². The van der Waals surface area contributed by atoms with Crippen LogP contribution in [0.15, 0.2) is 36.4 Å². The molecule has 1 heterocycles. The Hall–Kier alpha value is -2.67. The number of ether oxygens (including phenoxy) is 3. The lowest BCUT2D eigenvalue weighted by Crippen LogP contribution is -2.05. The summed E-state index contributed by atoms with van der Waals surface area (Å²) >= 11 is 0. The topological polar surface area (TPSA) is 51.5 Å². The Morgan fingerprint density at radius 2 is 1.96 bits per heavy atom. The third-order valence-corrected chi connectivity index (χ3v) is 3.95. The zero-order valence-electron chi connectivity index (χ0n) is 13.3. The van der Waals surface area contributed by atoms with Gasteiger partial charge in [-0.3, -0.25) is 0 Å². The minimum Gasteiger partial charge on any atom is -0.493 e. The van der Waals surface area contributed by atoms with Crippen molar-refractivity contribution >= 4 is 0 Å². The van der Waals surface area contributed by atoms with Crippen molar-refractivity contribution in [2.45, 2.75) is 26.2 Å². The Morgan fingerprint density at radius 3 is 2.74 bits per heavy atom. The second-order valence-electron chi connectivity index (χ2n) is 5.70. The average molecular weight is 309 g/mol. The van der Waals surface area contributed by atoms with Gasteiger partial charge in [-0.15, -0.1) is 0 Å². The largest absolute Gasteiger partial charge is 0.493 e. The first-order valence-corrected chi connectivity index (χ1v) is 7.66. The van der Waals surface area contributed by atoms with Crippen molar-refractivity contribution in [1.82, 2.24) is 0 Å². The van der Waals surface area contributed by atoms with E-state index in [1.54, 1.807) is 0 Å². The number of benzene rings is 2. The molecule has 118 valence electrons. The molecule has 0 radical (unpaired) electrons. The van der Waals surface area contributed by atoms with Crippen LogP contribution in [0.2, 0.25) is 0 Å². The van der Waals surface area contributed by atoms with Crippen LogP contribution in [-0.2, 0) is 0 Å². The number of rotatable bonds is 5. The summed E-state index contributed by atoms with van der Waals surface area (Å²) in [7, 11) is 0. The van der Waals surface area contributed by atoms with E-state index >= 15 is 0 Å². The molecule has 3 rings (SSSR count). The Labute approximate surface area is 136 Å². The molecular formula is C19H19NO3. The van der Waals surface area contributed by atoms with Crippen LogP contribution < -0.4 is 14.2 Å². The molecule has 1 unspecified atom stereocenters. The summed E-state index contributed by atoms with van der Waals surface area (Å²) in [5, 5.41) is 9.44. The number of nitriles is 1. The van der Waals surface area contributed by atoms with Crippen molar-refractivity contribution in [3.8, 4) is 23.3 Å². The second-order valence-corrected chi connectivity index (χ2v) is 5.70. The number of hydrogen-bond acceptors (Lipinski definition) is 4. The minimum absolute atomic E-state index is 0.227.